The predicted octanol–water partition coefficient (Wildman–Crippen LogP) is -0.0585. The van der Waals surface area contributed by atoms with Crippen LogP contribution in [0.15, 0.2) is 4.99 Å². The molecular weight excluding hydrogens is 298 g/mol. The maximum Gasteiger partial charge on any atom is 0.390 e. The molecule has 2 heterocycles. The van der Waals surface area contributed by atoms with E-state index in [2.05, 4.69) is 24.2 Å². The van der Waals surface area contributed by atoms with Crippen molar-refractivity contribution in [3.05, 3.63) is 0 Å². The third kappa shape index (κ3) is 3.36. The summed E-state index contributed by atoms with van der Waals surface area (Å²) >= 11 is 0. The molecule has 0 saturated carbocycles. The average molecular weight is 324 g/mol. The van der Waals surface area contributed by atoms with Crippen LogP contribution in [0.2, 0.25) is 0 Å². The SMILES string of the molecule is COCCCNC1=[N+](CC(C)C)C2C(=O)N(C)C(=O)N(C)C2=N1. The van der Waals surface area contributed by atoms with Crippen LogP contribution in [0.5, 0.6) is 0 Å². The first kappa shape index (κ1) is 17.4. The van der Waals surface area contributed by atoms with Crippen LogP contribution in [0, 0.1) is 5.92 Å². The van der Waals surface area contributed by atoms with Crippen LogP contribution in [0.25, 0.3) is 0 Å². The van der Waals surface area contributed by atoms with Crippen LogP contribution >= 0.6 is 0 Å². The number of urea groups is 1. The summed E-state index contributed by atoms with van der Waals surface area (Å²) in [7, 11) is 4.83. The molecule has 0 radical (unpaired) electrons. The minimum absolute atomic E-state index is 0.235. The number of ether oxygens (including phenoxy) is 1. The van der Waals surface area contributed by atoms with Gasteiger partial charge in [0.15, 0.2) is 0 Å². The van der Waals surface area contributed by atoms with Gasteiger partial charge in [-0.25, -0.2) is 9.37 Å². The number of nitrogens with one attached hydrogen (secondary N) is 1. The fourth-order valence-corrected chi connectivity index (χ4v) is 2.74. The van der Waals surface area contributed by atoms with Crippen molar-refractivity contribution < 1.29 is 18.9 Å². The fraction of sp³-hybridized carbons (Fsp3) is 0.733. The van der Waals surface area contributed by atoms with E-state index < -0.39 is 6.04 Å². The number of imide groups is 1. The Kier molecular flexibility index (Phi) is 5.35. The topological polar surface area (TPSA) is 77.2 Å². The molecule has 1 saturated heterocycles. The first-order valence-electron chi connectivity index (χ1n) is 7.88. The van der Waals surface area contributed by atoms with Gasteiger partial charge in [-0.3, -0.25) is 19.9 Å². The van der Waals surface area contributed by atoms with Gasteiger partial charge in [0.2, 0.25) is 11.9 Å². The molecule has 8 nitrogen and oxygen atoms in total. The number of amidine groups is 1. The number of guanidine groups is 1. The van der Waals surface area contributed by atoms with Gasteiger partial charge in [0, 0.05) is 34.2 Å². The molecule has 3 amide bonds. The third-order valence-electron chi connectivity index (χ3n) is 3.90. The van der Waals surface area contributed by atoms with Crippen LogP contribution in [0.3, 0.4) is 0 Å². The number of likely N-dealkylation sites (N-methyl/N-ethyl adjacent to an activating group) is 2. The zero-order valence-electron chi connectivity index (χ0n) is 14.5. The maximum absolute atomic E-state index is 12.6. The highest BCUT2D eigenvalue weighted by molar-refractivity contribution is 6.22. The molecule has 1 atom stereocenters. The monoisotopic (exact) mass is 324 g/mol. The minimum Gasteiger partial charge on any atom is -0.385 e. The van der Waals surface area contributed by atoms with Gasteiger partial charge < -0.3 is 4.74 Å². The smallest absolute Gasteiger partial charge is 0.385 e. The van der Waals surface area contributed by atoms with E-state index in [1.165, 1.54) is 11.9 Å². The summed E-state index contributed by atoms with van der Waals surface area (Å²) in [4.78, 5) is 31.8. The van der Waals surface area contributed by atoms with Gasteiger partial charge in [0.05, 0.1) is 13.1 Å². The zero-order chi connectivity index (χ0) is 17.1. The van der Waals surface area contributed by atoms with Crippen molar-refractivity contribution in [3.63, 3.8) is 0 Å². The van der Waals surface area contributed by atoms with Crippen LogP contribution in [0.4, 0.5) is 4.79 Å². The number of methoxy groups -OCH3 is 1. The second-order valence-electron chi connectivity index (χ2n) is 6.25. The number of rotatable bonds is 6. The van der Waals surface area contributed by atoms with E-state index in [9.17, 15) is 9.59 Å². The molecule has 2 aliphatic rings. The number of carbonyl (C=O) groups is 2. The lowest BCUT2D eigenvalue weighted by molar-refractivity contribution is -0.542. The predicted molar refractivity (Wildman–Crippen MR) is 86.6 cm³/mol. The minimum atomic E-state index is -0.532. The summed E-state index contributed by atoms with van der Waals surface area (Å²) < 4.78 is 7.00. The Labute approximate surface area is 136 Å². The van der Waals surface area contributed by atoms with E-state index in [-0.39, 0.29) is 11.9 Å². The lowest BCUT2D eigenvalue weighted by Crippen LogP contribution is -2.61. The molecule has 128 valence electrons. The fourth-order valence-electron chi connectivity index (χ4n) is 2.74. The normalized spacial score (nSPS) is 21.3. The Hall–Kier alpha value is -1.96. The summed E-state index contributed by atoms with van der Waals surface area (Å²) in [6, 6.07) is -0.884. The lowest BCUT2D eigenvalue weighted by atomic mass is 10.1. The molecule has 23 heavy (non-hydrogen) atoms. The van der Waals surface area contributed by atoms with E-state index >= 15 is 0 Å². The van der Waals surface area contributed by atoms with Gasteiger partial charge in [-0.2, -0.15) is 0 Å². The molecule has 1 N–H and O–H groups in total. The van der Waals surface area contributed by atoms with Crippen molar-refractivity contribution in [2.24, 2.45) is 10.9 Å². The molecule has 0 spiro atoms. The Morgan fingerprint density at radius 3 is 2.61 bits per heavy atom. The molecule has 2 rings (SSSR count). The highest BCUT2D eigenvalue weighted by Crippen LogP contribution is 2.19. The molecule has 0 aliphatic carbocycles. The summed E-state index contributed by atoms with van der Waals surface area (Å²) in [5, 5.41) is 3.27. The van der Waals surface area contributed by atoms with Gasteiger partial charge in [-0.05, 0) is 5.92 Å². The van der Waals surface area contributed by atoms with Gasteiger partial charge >= 0.3 is 12.0 Å². The Bertz CT molecular complexity index is 555. The van der Waals surface area contributed by atoms with Gasteiger partial charge in [0.25, 0.3) is 5.91 Å². The molecule has 0 bridgehead atoms. The first-order chi connectivity index (χ1) is 10.9. The molecular formula is C15H26N5O3+. The number of nitrogens with zero attached hydrogens (tertiary/aromatic N) is 4. The molecule has 8 heteroatoms. The standard InChI is InChI=1S/C15H25N5O3/c1-10(2)9-20-11-12(17-14(20)16-7-6-8-23-5)18(3)15(22)19(4)13(11)21/h10-11H,6-9H2,1-5H3/p+1. The number of hydrogen-bond acceptors (Lipinski definition) is 5. The van der Waals surface area contributed by atoms with E-state index in [0.717, 1.165) is 11.3 Å². The van der Waals surface area contributed by atoms with E-state index in [0.29, 0.717) is 37.4 Å². The van der Waals surface area contributed by atoms with Gasteiger partial charge in [0.1, 0.15) is 0 Å². The zero-order valence-corrected chi connectivity index (χ0v) is 14.5. The van der Waals surface area contributed by atoms with E-state index in [4.69, 9.17) is 4.74 Å². The number of carbonyl (C=O) groups excluding carboxylic acids is 2. The summed E-state index contributed by atoms with van der Waals surface area (Å²) in [5.74, 6) is 1.27. The van der Waals surface area contributed by atoms with Crippen LogP contribution < -0.4 is 5.32 Å². The van der Waals surface area contributed by atoms with Crippen molar-refractivity contribution in [1.29, 1.82) is 0 Å². The molecule has 2 aliphatic heterocycles. The Morgan fingerprint density at radius 1 is 1.30 bits per heavy atom. The molecule has 1 fully saturated rings. The maximum atomic E-state index is 12.6. The largest absolute Gasteiger partial charge is 0.390 e. The van der Waals surface area contributed by atoms with Crippen molar-refractivity contribution in [3.8, 4) is 0 Å². The van der Waals surface area contributed by atoms with E-state index in [1.807, 2.05) is 4.58 Å². The van der Waals surface area contributed by atoms with E-state index in [1.54, 1.807) is 14.2 Å². The summed E-state index contributed by atoms with van der Waals surface area (Å²) in [6.07, 6.45) is 0.841. The summed E-state index contributed by atoms with van der Waals surface area (Å²) in [6.45, 7) is 6.22. The van der Waals surface area contributed by atoms with Crippen molar-refractivity contribution in [2.75, 3.05) is 40.9 Å². The van der Waals surface area contributed by atoms with Gasteiger partial charge in [-0.1, -0.05) is 18.8 Å². The van der Waals surface area contributed by atoms with Gasteiger partial charge in [-0.15, -0.1) is 0 Å². The third-order valence-corrected chi connectivity index (χ3v) is 3.90. The van der Waals surface area contributed by atoms with Crippen molar-refractivity contribution in [1.82, 2.24) is 15.1 Å². The van der Waals surface area contributed by atoms with Crippen LogP contribution in [-0.4, -0.2) is 85.1 Å². The number of fused-ring (bicyclic) bond motifs is 1. The first-order valence-corrected chi connectivity index (χ1v) is 7.88. The quantitative estimate of drug-likeness (QED) is 0.549. The number of amides is 3. The van der Waals surface area contributed by atoms with Crippen LogP contribution in [0.1, 0.15) is 20.3 Å². The van der Waals surface area contributed by atoms with Crippen molar-refractivity contribution in [2.45, 2.75) is 26.3 Å². The highest BCUT2D eigenvalue weighted by atomic mass is 16.5. The van der Waals surface area contributed by atoms with Crippen LogP contribution in [-0.2, 0) is 9.53 Å². The summed E-state index contributed by atoms with van der Waals surface area (Å²) in [5.41, 5.74) is 0. The molecule has 1 unspecified atom stereocenters. The number of aliphatic imine (C=N–C) groups is 1. The molecule has 0 aromatic rings. The molecule has 0 aromatic heterocycles. The second-order valence-corrected chi connectivity index (χ2v) is 6.25. The average Bonchev–Trinajstić information content (AvgIpc) is 2.85. The Morgan fingerprint density at radius 2 is 2.00 bits per heavy atom. The number of hydrogen-bond donors (Lipinski definition) is 1. The second kappa shape index (κ2) is 7.08. The Balaban J connectivity index is 2.27. The lowest BCUT2D eigenvalue weighted by Gasteiger charge is -2.32. The van der Waals surface area contributed by atoms with Crippen molar-refractivity contribution >= 4 is 23.7 Å². The molecule has 0 aromatic carbocycles. The highest BCUT2D eigenvalue weighted by Gasteiger charge is 2.51.